The molecule has 1 aliphatic rings. The number of halogens is 3. The minimum Gasteiger partial charge on any atom is -0.477 e. The summed E-state index contributed by atoms with van der Waals surface area (Å²) in [6, 6.07) is 1.48. The van der Waals surface area contributed by atoms with Gasteiger partial charge in [-0.15, -0.1) is 4.91 Å². The summed E-state index contributed by atoms with van der Waals surface area (Å²) in [5, 5.41) is 1.91. The molecule has 10 heteroatoms. The zero-order valence-corrected chi connectivity index (χ0v) is 12.9. The molecule has 0 aromatic carbocycles. The van der Waals surface area contributed by atoms with Crippen LogP contribution in [0.2, 0.25) is 0 Å². The number of carbonyl (C=O) groups is 1. The molecule has 0 atom stereocenters. The summed E-state index contributed by atoms with van der Waals surface area (Å²) in [4.78, 5) is 30.7. The van der Waals surface area contributed by atoms with E-state index in [-0.39, 0.29) is 18.4 Å². The molecule has 1 aromatic rings. The molecule has 0 saturated carbocycles. The van der Waals surface area contributed by atoms with Crippen molar-refractivity contribution < 1.29 is 27.5 Å². The third-order valence-corrected chi connectivity index (χ3v) is 3.75. The zero-order chi connectivity index (χ0) is 17.7. The summed E-state index contributed by atoms with van der Waals surface area (Å²) in [6.07, 6.45) is -3.05. The normalized spacial score (nSPS) is 16.7. The molecule has 0 radical (unpaired) electrons. The van der Waals surface area contributed by atoms with Crippen LogP contribution >= 0.6 is 0 Å². The summed E-state index contributed by atoms with van der Waals surface area (Å²) < 4.78 is 44.0. The maximum absolute atomic E-state index is 12.9. The van der Waals surface area contributed by atoms with Crippen molar-refractivity contribution in [1.82, 2.24) is 9.88 Å². The number of likely N-dealkylation sites (tertiary alicyclic amines) is 1. The predicted molar refractivity (Wildman–Crippen MR) is 76.2 cm³/mol. The van der Waals surface area contributed by atoms with Crippen molar-refractivity contribution >= 4 is 5.97 Å². The average molecular weight is 347 g/mol. The number of hydrogen-bond acceptors (Lipinski definition) is 7. The van der Waals surface area contributed by atoms with E-state index >= 15 is 0 Å². The molecular weight excluding hydrogens is 331 g/mol. The summed E-state index contributed by atoms with van der Waals surface area (Å²) in [5.41, 5.74) is -1.81. The standard InChI is InChI=1S/C14H16F3N3O4/c1-20-4-2-9(3-5-20)8-23-12-7-10(13(21)24-19-22)6-11(18-12)14(15,16)17/h6-7,9H,2-5,8H2,1H3. The largest absolute Gasteiger partial charge is 0.477 e. The molecule has 24 heavy (non-hydrogen) atoms. The van der Waals surface area contributed by atoms with Crippen molar-refractivity contribution in [2.75, 3.05) is 26.7 Å². The first-order valence-electron chi connectivity index (χ1n) is 7.24. The van der Waals surface area contributed by atoms with Gasteiger partial charge in [-0.2, -0.15) is 13.2 Å². The van der Waals surface area contributed by atoms with Gasteiger partial charge in [-0.3, -0.25) is 4.84 Å². The second kappa shape index (κ2) is 7.56. The Labute approximate surface area is 135 Å². The second-order valence-electron chi connectivity index (χ2n) is 5.59. The van der Waals surface area contributed by atoms with Crippen LogP contribution in [0.4, 0.5) is 13.2 Å². The van der Waals surface area contributed by atoms with Gasteiger partial charge >= 0.3 is 12.1 Å². The van der Waals surface area contributed by atoms with Crippen LogP contribution in [0.25, 0.3) is 0 Å². The van der Waals surface area contributed by atoms with Gasteiger partial charge < -0.3 is 9.64 Å². The molecule has 2 heterocycles. The summed E-state index contributed by atoms with van der Waals surface area (Å²) >= 11 is 0. The molecule has 2 rings (SSSR count). The van der Waals surface area contributed by atoms with E-state index in [9.17, 15) is 22.9 Å². The number of rotatable bonds is 5. The van der Waals surface area contributed by atoms with Gasteiger partial charge in [0.25, 0.3) is 0 Å². The average Bonchev–Trinajstić information content (AvgIpc) is 2.53. The Bertz CT molecular complexity index is 601. The number of nitrogens with zero attached hydrogens (tertiary/aromatic N) is 3. The molecule has 0 amide bonds. The number of hydrogen-bond donors (Lipinski definition) is 0. The van der Waals surface area contributed by atoms with E-state index in [1.165, 1.54) is 0 Å². The number of aromatic nitrogens is 1. The first kappa shape index (κ1) is 18.1. The second-order valence-corrected chi connectivity index (χ2v) is 5.59. The van der Waals surface area contributed by atoms with Crippen molar-refractivity contribution in [2.24, 2.45) is 11.3 Å². The maximum atomic E-state index is 12.9. The molecule has 1 aromatic heterocycles. The van der Waals surface area contributed by atoms with Crippen molar-refractivity contribution in [3.8, 4) is 5.88 Å². The fourth-order valence-corrected chi connectivity index (χ4v) is 2.36. The number of alkyl halides is 3. The number of ether oxygens (including phenoxy) is 1. The molecule has 1 fully saturated rings. The smallest absolute Gasteiger partial charge is 0.433 e. The van der Waals surface area contributed by atoms with E-state index in [2.05, 4.69) is 14.7 Å². The summed E-state index contributed by atoms with van der Waals surface area (Å²) in [5.74, 6) is -1.45. The van der Waals surface area contributed by atoms with E-state index in [1.807, 2.05) is 12.4 Å². The molecule has 0 N–H and O–H groups in total. The molecular formula is C14H16F3N3O4. The van der Waals surface area contributed by atoms with E-state index < -0.39 is 23.4 Å². The van der Waals surface area contributed by atoms with Crippen LogP contribution in [0.5, 0.6) is 5.88 Å². The molecule has 0 unspecified atom stereocenters. The van der Waals surface area contributed by atoms with Crippen LogP contribution in [-0.2, 0) is 11.0 Å². The van der Waals surface area contributed by atoms with Crippen LogP contribution in [0.15, 0.2) is 17.5 Å². The van der Waals surface area contributed by atoms with Crippen LogP contribution in [-0.4, -0.2) is 42.6 Å². The monoisotopic (exact) mass is 347 g/mol. The first-order valence-corrected chi connectivity index (χ1v) is 7.24. The predicted octanol–water partition coefficient (Wildman–Crippen LogP) is 2.66. The SMILES string of the molecule is CN1CCC(COc2cc(C(=O)ON=O)cc(C(F)(F)F)n2)CC1. The Morgan fingerprint density at radius 1 is 1.38 bits per heavy atom. The quantitative estimate of drug-likeness (QED) is 0.602. The Hall–Kier alpha value is -2.23. The van der Waals surface area contributed by atoms with E-state index in [4.69, 9.17) is 4.74 Å². The molecule has 0 spiro atoms. The maximum Gasteiger partial charge on any atom is 0.433 e. The number of pyridine rings is 1. The molecule has 7 nitrogen and oxygen atoms in total. The third-order valence-electron chi connectivity index (χ3n) is 3.75. The third kappa shape index (κ3) is 4.88. The molecule has 0 aliphatic carbocycles. The minimum atomic E-state index is -4.77. The van der Waals surface area contributed by atoms with Gasteiger partial charge in [-0.05, 0) is 45.0 Å². The van der Waals surface area contributed by atoms with Gasteiger partial charge in [-0.25, -0.2) is 9.78 Å². The highest BCUT2D eigenvalue weighted by molar-refractivity contribution is 5.89. The van der Waals surface area contributed by atoms with Crippen molar-refractivity contribution in [2.45, 2.75) is 19.0 Å². The van der Waals surface area contributed by atoms with Crippen molar-refractivity contribution in [3.05, 3.63) is 28.3 Å². The molecule has 1 aliphatic heterocycles. The lowest BCUT2D eigenvalue weighted by Crippen LogP contribution is -2.32. The van der Waals surface area contributed by atoms with Gasteiger partial charge in [0.05, 0.1) is 12.2 Å². The van der Waals surface area contributed by atoms with Gasteiger partial charge in [0, 0.05) is 6.07 Å². The number of piperidine rings is 1. The molecule has 1 saturated heterocycles. The zero-order valence-electron chi connectivity index (χ0n) is 12.9. The Balaban J connectivity index is 2.14. The molecule has 132 valence electrons. The van der Waals surface area contributed by atoms with Gasteiger partial charge in [-0.1, -0.05) is 0 Å². The van der Waals surface area contributed by atoms with Gasteiger partial charge in [0.2, 0.25) is 5.88 Å². The van der Waals surface area contributed by atoms with Crippen LogP contribution in [0, 0.1) is 10.8 Å². The van der Waals surface area contributed by atoms with E-state index in [0.717, 1.165) is 32.0 Å². The van der Waals surface area contributed by atoms with Gasteiger partial charge in [0.1, 0.15) is 5.69 Å². The topological polar surface area (TPSA) is 81.1 Å². The first-order chi connectivity index (χ1) is 11.3. The minimum absolute atomic E-state index is 0.197. The Morgan fingerprint density at radius 3 is 2.62 bits per heavy atom. The van der Waals surface area contributed by atoms with E-state index in [1.54, 1.807) is 0 Å². The van der Waals surface area contributed by atoms with Gasteiger partial charge in [0.15, 0.2) is 5.34 Å². The summed E-state index contributed by atoms with van der Waals surface area (Å²) in [7, 11) is 1.99. The highest BCUT2D eigenvalue weighted by Crippen LogP contribution is 2.30. The van der Waals surface area contributed by atoms with Crippen LogP contribution in [0.3, 0.4) is 0 Å². The summed E-state index contributed by atoms with van der Waals surface area (Å²) in [6.45, 7) is 1.96. The van der Waals surface area contributed by atoms with E-state index in [0.29, 0.717) is 6.07 Å². The fraction of sp³-hybridized carbons (Fsp3) is 0.571. The lowest BCUT2D eigenvalue weighted by Gasteiger charge is -2.28. The Morgan fingerprint density at radius 2 is 2.04 bits per heavy atom. The van der Waals surface area contributed by atoms with Crippen LogP contribution < -0.4 is 4.74 Å². The van der Waals surface area contributed by atoms with Crippen molar-refractivity contribution in [1.29, 1.82) is 0 Å². The Kier molecular flexibility index (Phi) is 5.71. The number of carbonyl (C=O) groups excluding carboxylic acids is 1. The highest BCUT2D eigenvalue weighted by atomic mass is 19.4. The van der Waals surface area contributed by atoms with Crippen LogP contribution in [0.1, 0.15) is 28.9 Å². The lowest BCUT2D eigenvalue weighted by atomic mass is 9.98. The lowest BCUT2D eigenvalue weighted by molar-refractivity contribution is -0.141. The molecule has 0 bridgehead atoms. The van der Waals surface area contributed by atoms with Crippen molar-refractivity contribution in [3.63, 3.8) is 0 Å². The fourth-order valence-electron chi connectivity index (χ4n) is 2.36. The highest BCUT2D eigenvalue weighted by Gasteiger charge is 2.34.